The summed E-state index contributed by atoms with van der Waals surface area (Å²) in [4.78, 5) is 0. The van der Waals surface area contributed by atoms with Crippen molar-refractivity contribution in [3.05, 3.63) is 17.5 Å². The van der Waals surface area contributed by atoms with Crippen LogP contribution in [0, 0.1) is 18.3 Å². The molecular formula is C7H9N3. The smallest absolute Gasteiger partial charge is 0.165 e. The van der Waals surface area contributed by atoms with Gasteiger partial charge in [-0.05, 0) is 13.8 Å². The Hall–Kier alpha value is -1.30. The maximum absolute atomic E-state index is 8.50. The summed E-state index contributed by atoms with van der Waals surface area (Å²) in [7, 11) is 0. The molecule has 1 rings (SSSR count). The highest BCUT2D eigenvalue weighted by molar-refractivity contribution is 5.27. The molecular weight excluding hydrogens is 126 g/mol. The molecule has 3 heteroatoms. The van der Waals surface area contributed by atoms with E-state index in [4.69, 9.17) is 5.26 Å². The second kappa shape index (κ2) is 2.53. The molecule has 1 heterocycles. The molecule has 3 nitrogen and oxygen atoms in total. The Kier molecular flexibility index (Phi) is 1.72. The second-order valence-corrected chi connectivity index (χ2v) is 2.13. The molecule has 0 saturated carbocycles. The van der Waals surface area contributed by atoms with Crippen molar-refractivity contribution in [3.8, 4) is 6.07 Å². The van der Waals surface area contributed by atoms with Crippen molar-refractivity contribution in [3.63, 3.8) is 0 Å². The molecule has 0 saturated heterocycles. The number of nitriles is 1. The van der Waals surface area contributed by atoms with E-state index in [1.165, 1.54) is 0 Å². The zero-order chi connectivity index (χ0) is 7.56. The van der Waals surface area contributed by atoms with Crippen LogP contribution in [0.1, 0.15) is 18.2 Å². The van der Waals surface area contributed by atoms with Crippen LogP contribution < -0.4 is 0 Å². The van der Waals surface area contributed by atoms with Crippen molar-refractivity contribution in [1.82, 2.24) is 9.78 Å². The van der Waals surface area contributed by atoms with E-state index in [2.05, 4.69) is 5.10 Å². The molecule has 0 amide bonds. The molecule has 1 aromatic rings. The van der Waals surface area contributed by atoms with Crippen LogP contribution in [0.4, 0.5) is 0 Å². The maximum Gasteiger partial charge on any atom is 0.165 e. The van der Waals surface area contributed by atoms with Gasteiger partial charge in [0.05, 0.1) is 0 Å². The number of hydrogen-bond acceptors (Lipinski definition) is 2. The lowest BCUT2D eigenvalue weighted by atomic mass is 10.3. The van der Waals surface area contributed by atoms with Crippen molar-refractivity contribution in [2.24, 2.45) is 0 Å². The maximum atomic E-state index is 8.50. The topological polar surface area (TPSA) is 41.6 Å². The third-order valence-corrected chi connectivity index (χ3v) is 1.37. The zero-order valence-electron chi connectivity index (χ0n) is 6.13. The van der Waals surface area contributed by atoms with Gasteiger partial charge in [-0.3, -0.25) is 4.68 Å². The van der Waals surface area contributed by atoms with Gasteiger partial charge in [0.15, 0.2) is 5.69 Å². The minimum absolute atomic E-state index is 0.529. The molecule has 0 radical (unpaired) electrons. The summed E-state index contributed by atoms with van der Waals surface area (Å²) in [5.41, 5.74) is 1.48. The van der Waals surface area contributed by atoms with E-state index >= 15 is 0 Å². The highest BCUT2D eigenvalue weighted by atomic mass is 15.3. The van der Waals surface area contributed by atoms with E-state index < -0.39 is 0 Å². The SMILES string of the molecule is CCn1cc(C)c(C#N)n1. The first-order valence-electron chi connectivity index (χ1n) is 3.22. The lowest BCUT2D eigenvalue weighted by molar-refractivity contribution is 0.657. The third kappa shape index (κ3) is 1.01. The Morgan fingerprint density at radius 2 is 2.50 bits per heavy atom. The summed E-state index contributed by atoms with van der Waals surface area (Å²) in [6.45, 7) is 4.70. The van der Waals surface area contributed by atoms with Crippen LogP contribution in [0.3, 0.4) is 0 Å². The normalized spacial score (nSPS) is 9.30. The van der Waals surface area contributed by atoms with Gasteiger partial charge >= 0.3 is 0 Å². The van der Waals surface area contributed by atoms with Crippen LogP contribution in [0.25, 0.3) is 0 Å². The van der Waals surface area contributed by atoms with Crippen LogP contribution in [0.5, 0.6) is 0 Å². The zero-order valence-corrected chi connectivity index (χ0v) is 6.13. The van der Waals surface area contributed by atoms with Gasteiger partial charge in [0.2, 0.25) is 0 Å². The van der Waals surface area contributed by atoms with Gasteiger partial charge in [-0.25, -0.2) is 0 Å². The number of nitrogens with zero attached hydrogens (tertiary/aromatic N) is 3. The highest BCUT2D eigenvalue weighted by Crippen LogP contribution is 2.01. The van der Waals surface area contributed by atoms with Gasteiger partial charge in [-0.1, -0.05) is 0 Å². The van der Waals surface area contributed by atoms with E-state index in [9.17, 15) is 0 Å². The molecule has 0 unspecified atom stereocenters. The molecule has 0 N–H and O–H groups in total. The summed E-state index contributed by atoms with van der Waals surface area (Å²) in [5, 5.41) is 12.5. The van der Waals surface area contributed by atoms with Gasteiger partial charge in [-0.15, -0.1) is 0 Å². The molecule has 0 aliphatic heterocycles. The monoisotopic (exact) mass is 135 g/mol. The fraction of sp³-hybridized carbons (Fsp3) is 0.429. The summed E-state index contributed by atoms with van der Waals surface area (Å²) < 4.78 is 1.76. The molecule has 52 valence electrons. The van der Waals surface area contributed by atoms with Crippen molar-refractivity contribution in [2.45, 2.75) is 20.4 Å². The standard InChI is InChI=1S/C7H9N3/c1-3-10-5-6(2)7(4-8)9-10/h5H,3H2,1-2H3. The van der Waals surface area contributed by atoms with Crippen molar-refractivity contribution >= 4 is 0 Å². The largest absolute Gasteiger partial charge is 0.271 e. The van der Waals surface area contributed by atoms with Crippen LogP contribution >= 0.6 is 0 Å². The van der Waals surface area contributed by atoms with Crippen LogP contribution in [-0.2, 0) is 6.54 Å². The molecule has 0 aliphatic carbocycles. The van der Waals surface area contributed by atoms with Crippen molar-refractivity contribution in [1.29, 1.82) is 5.26 Å². The summed E-state index contributed by atoms with van der Waals surface area (Å²) in [5.74, 6) is 0. The molecule has 0 fully saturated rings. The van der Waals surface area contributed by atoms with E-state index in [0.29, 0.717) is 5.69 Å². The predicted octanol–water partition coefficient (Wildman–Crippen LogP) is 1.08. The molecule has 0 atom stereocenters. The Morgan fingerprint density at radius 3 is 2.80 bits per heavy atom. The Balaban J connectivity index is 3.07. The van der Waals surface area contributed by atoms with Crippen LogP contribution in [-0.4, -0.2) is 9.78 Å². The Labute approximate surface area is 59.9 Å². The van der Waals surface area contributed by atoms with Crippen molar-refractivity contribution < 1.29 is 0 Å². The summed E-state index contributed by atoms with van der Waals surface area (Å²) >= 11 is 0. The summed E-state index contributed by atoms with van der Waals surface area (Å²) in [6.07, 6.45) is 1.87. The van der Waals surface area contributed by atoms with E-state index in [1.807, 2.05) is 26.1 Å². The number of aromatic nitrogens is 2. The second-order valence-electron chi connectivity index (χ2n) is 2.13. The van der Waals surface area contributed by atoms with E-state index in [1.54, 1.807) is 4.68 Å². The summed E-state index contributed by atoms with van der Waals surface area (Å²) in [6, 6.07) is 2.02. The Bertz CT molecular complexity index is 267. The van der Waals surface area contributed by atoms with Crippen molar-refractivity contribution in [2.75, 3.05) is 0 Å². The number of rotatable bonds is 1. The number of aryl methyl sites for hydroxylation is 2. The van der Waals surface area contributed by atoms with Crippen LogP contribution in [0.15, 0.2) is 6.20 Å². The minimum atomic E-state index is 0.529. The average molecular weight is 135 g/mol. The number of hydrogen-bond donors (Lipinski definition) is 0. The molecule has 0 spiro atoms. The average Bonchev–Trinajstić information content (AvgIpc) is 2.30. The van der Waals surface area contributed by atoms with Gasteiger partial charge < -0.3 is 0 Å². The predicted molar refractivity (Wildman–Crippen MR) is 37.4 cm³/mol. The first-order valence-corrected chi connectivity index (χ1v) is 3.22. The van der Waals surface area contributed by atoms with E-state index in [0.717, 1.165) is 12.1 Å². The first-order chi connectivity index (χ1) is 4.77. The fourth-order valence-electron chi connectivity index (χ4n) is 0.793. The quantitative estimate of drug-likeness (QED) is 0.578. The molecule has 0 bridgehead atoms. The van der Waals surface area contributed by atoms with Gasteiger partial charge in [0, 0.05) is 18.3 Å². The lowest BCUT2D eigenvalue weighted by Gasteiger charge is -1.88. The Morgan fingerprint density at radius 1 is 1.80 bits per heavy atom. The first kappa shape index (κ1) is 6.81. The van der Waals surface area contributed by atoms with Crippen LogP contribution in [0.2, 0.25) is 0 Å². The molecule has 0 aromatic carbocycles. The lowest BCUT2D eigenvalue weighted by Crippen LogP contribution is -1.93. The van der Waals surface area contributed by atoms with Gasteiger partial charge in [0.25, 0.3) is 0 Å². The minimum Gasteiger partial charge on any atom is -0.271 e. The molecule has 1 aromatic heterocycles. The third-order valence-electron chi connectivity index (χ3n) is 1.37. The molecule has 10 heavy (non-hydrogen) atoms. The van der Waals surface area contributed by atoms with E-state index in [-0.39, 0.29) is 0 Å². The highest BCUT2D eigenvalue weighted by Gasteiger charge is 2.00. The fourth-order valence-corrected chi connectivity index (χ4v) is 0.793. The molecule has 0 aliphatic rings. The van der Waals surface area contributed by atoms with Gasteiger partial charge in [-0.2, -0.15) is 10.4 Å². The van der Waals surface area contributed by atoms with Gasteiger partial charge in [0.1, 0.15) is 6.07 Å².